The van der Waals surface area contributed by atoms with E-state index < -0.39 is 5.97 Å². The van der Waals surface area contributed by atoms with E-state index in [1.807, 2.05) is 6.92 Å². The second-order valence-corrected chi connectivity index (χ2v) is 5.57. The molecule has 1 aromatic heterocycles. The van der Waals surface area contributed by atoms with E-state index in [1.54, 1.807) is 23.7 Å². The van der Waals surface area contributed by atoms with Crippen molar-refractivity contribution in [3.8, 4) is 11.5 Å². The number of anilines is 2. The molecule has 1 aromatic carbocycles. The second kappa shape index (κ2) is 7.80. The molecule has 0 unspecified atom stereocenters. The lowest BCUT2D eigenvalue weighted by Gasteiger charge is -2.12. The predicted octanol–water partition coefficient (Wildman–Crippen LogP) is 3.15. The quantitative estimate of drug-likeness (QED) is 0.358. The number of esters is 1. The monoisotopic (exact) mass is 354 g/mol. The van der Waals surface area contributed by atoms with Gasteiger partial charge in [0.2, 0.25) is 5.13 Å². The number of hydrogen-bond donors (Lipinski definition) is 2. The Kier molecular flexibility index (Phi) is 5.78. The third kappa shape index (κ3) is 4.83. The molecule has 0 atom stereocenters. The molecular weight excluding hydrogens is 340 g/mol. The normalized spacial score (nSPS) is 10.7. The molecule has 0 amide bonds. The zero-order chi connectivity index (χ0) is 16.8. The number of aromatic nitrogens is 1. The first-order valence-corrected chi connectivity index (χ1v) is 7.90. The fourth-order valence-electron chi connectivity index (χ4n) is 1.67. The van der Waals surface area contributed by atoms with Crippen molar-refractivity contribution < 1.29 is 14.3 Å². The Hall–Kier alpha value is -2.32. The van der Waals surface area contributed by atoms with Crippen LogP contribution in [0.25, 0.3) is 0 Å². The number of hydrogen-bond acceptors (Lipinski definition) is 8. The first-order valence-electron chi connectivity index (χ1n) is 6.64. The van der Waals surface area contributed by atoms with Crippen LogP contribution in [0.5, 0.6) is 11.5 Å². The lowest BCUT2D eigenvalue weighted by molar-refractivity contribution is -0.132. The number of halogens is 1. The number of nitrogen functional groups attached to an aromatic ring is 1. The van der Waals surface area contributed by atoms with Gasteiger partial charge in [-0.05, 0) is 24.6 Å². The van der Waals surface area contributed by atoms with Crippen LogP contribution in [0.1, 0.15) is 19.4 Å². The molecule has 0 spiro atoms. The maximum Gasteiger partial charge on any atom is 0.308 e. The summed E-state index contributed by atoms with van der Waals surface area (Å²) >= 11 is 7.49. The first kappa shape index (κ1) is 17.0. The molecule has 0 radical (unpaired) electrons. The Morgan fingerprint density at radius 2 is 2.35 bits per heavy atom. The van der Waals surface area contributed by atoms with Crippen LogP contribution in [0, 0.1) is 0 Å². The summed E-state index contributed by atoms with van der Waals surface area (Å²) in [5, 5.41) is 6.59. The highest BCUT2D eigenvalue weighted by atomic mass is 35.5. The zero-order valence-electron chi connectivity index (χ0n) is 12.5. The van der Waals surface area contributed by atoms with Crippen molar-refractivity contribution in [1.29, 1.82) is 0 Å². The van der Waals surface area contributed by atoms with Gasteiger partial charge in [0.05, 0.1) is 17.8 Å². The van der Waals surface area contributed by atoms with Crippen molar-refractivity contribution >= 4 is 46.1 Å². The summed E-state index contributed by atoms with van der Waals surface area (Å²) in [4.78, 5) is 15.2. The van der Waals surface area contributed by atoms with Gasteiger partial charge in [0, 0.05) is 12.3 Å². The minimum Gasteiger partial charge on any atom is -0.490 e. The molecule has 1 heterocycles. The van der Waals surface area contributed by atoms with Gasteiger partial charge in [-0.2, -0.15) is 5.10 Å². The summed E-state index contributed by atoms with van der Waals surface area (Å²) in [7, 11) is 0. The lowest BCUT2D eigenvalue weighted by Crippen LogP contribution is -2.05. The number of ether oxygens (including phenoxy) is 2. The van der Waals surface area contributed by atoms with Crippen LogP contribution < -0.4 is 20.6 Å². The van der Waals surface area contributed by atoms with Gasteiger partial charge in [0.25, 0.3) is 0 Å². The van der Waals surface area contributed by atoms with E-state index in [0.29, 0.717) is 28.9 Å². The second-order valence-electron chi connectivity index (χ2n) is 4.30. The molecule has 0 bridgehead atoms. The van der Waals surface area contributed by atoms with Crippen LogP contribution in [0.4, 0.5) is 10.9 Å². The SMILES string of the molecule is CCOc1cc(C=NNc2nc(N)cs2)cc(Cl)c1OC(C)=O. The molecule has 0 aliphatic rings. The molecule has 9 heteroatoms. The number of thiazole rings is 1. The molecule has 2 aromatic rings. The van der Waals surface area contributed by atoms with E-state index in [1.165, 1.54) is 18.3 Å². The summed E-state index contributed by atoms with van der Waals surface area (Å²) in [5.41, 5.74) is 8.95. The van der Waals surface area contributed by atoms with Crippen LogP contribution in [-0.2, 0) is 4.79 Å². The van der Waals surface area contributed by atoms with Crippen molar-refractivity contribution in [3.05, 3.63) is 28.1 Å². The summed E-state index contributed by atoms with van der Waals surface area (Å²) in [6.07, 6.45) is 1.55. The Bertz CT molecular complexity index is 733. The van der Waals surface area contributed by atoms with E-state index in [-0.39, 0.29) is 10.8 Å². The maximum absolute atomic E-state index is 11.1. The highest BCUT2D eigenvalue weighted by Crippen LogP contribution is 2.36. The molecule has 7 nitrogen and oxygen atoms in total. The number of nitrogens with one attached hydrogen (secondary N) is 1. The minimum absolute atomic E-state index is 0.193. The van der Waals surface area contributed by atoms with Crippen molar-refractivity contribution in [3.63, 3.8) is 0 Å². The summed E-state index contributed by atoms with van der Waals surface area (Å²) in [5.74, 6) is 0.520. The van der Waals surface area contributed by atoms with Crippen molar-refractivity contribution in [1.82, 2.24) is 4.98 Å². The summed E-state index contributed by atoms with van der Waals surface area (Å²) in [6.45, 7) is 3.52. The number of nitrogens with two attached hydrogens (primary N) is 1. The van der Waals surface area contributed by atoms with E-state index in [2.05, 4.69) is 15.5 Å². The van der Waals surface area contributed by atoms with Gasteiger partial charge >= 0.3 is 5.97 Å². The van der Waals surface area contributed by atoms with Gasteiger partial charge in [-0.3, -0.25) is 10.2 Å². The maximum atomic E-state index is 11.1. The molecule has 122 valence electrons. The topological polar surface area (TPSA) is 98.8 Å². The largest absolute Gasteiger partial charge is 0.490 e. The molecule has 0 aliphatic heterocycles. The molecule has 0 saturated heterocycles. The van der Waals surface area contributed by atoms with E-state index in [4.69, 9.17) is 26.8 Å². The Morgan fingerprint density at radius 3 is 2.96 bits per heavy atom. The molecule has 0 aliphatic carbocycles. The average Bonchev–Trinajstić information content (AvgIpc) is 2.88. The Labute approximate surface area is 142 Å². The van der Waals surface area contributed by atoms with E-state index >= 15 is 0 Å². The van der Waals surface area contributed by atoms with Gasteiger partial charge in [-0.25, -0.2) is 4.98 Å². The number of benzene rings is 1. The standard InChI is InChI=1S/C14H15ClN4O3S/c1-3-21-11-5-9(4-10(15)13(11)22-8(2)20)6-17-19-14-18-12(16)7-23-14/h4-7H,3,16H2,1-2H3,(H,18,19). The number of rotatable bonds is 6. The van der Waals surface area contributed by atoms with Gasteiger partial charge in [0.15, 0.2) is 11.5 Å². The van der Waals surface area contributed by atoms with Gasteiger partial charge in [0.1, 0.15) is 5.82 Å². The van der Waals surface area contributed by atoms with Gasteiger partial charge < -0.3 is 15.2 Å². The fourth-order valence-corrected chi connectivity index (χ4v) is 2.47. The Balaban J connectivity index is 2.20. The average molecular weight is 355 g/mol. The van der Waals surface area contributed by atoms with Crippen molar-refractivity contribution in [2.45, 2.75) is 13.8 Å². The van der Waals surface area contributed by atoms with E-state index in [0.717, 1.165) is 0 Å². The van der Waals surface area contributed by atoms with Gasteiger partial charge in [-0.15, -0.1) is 11.3 Å². The molecule has 2 rings (SSSR count). The van der Waals surface area contributed by atoms with Crippen LogP contribution in [0.2, 0.25) is 5.02 Å². The minimum atomic E-state index is -0.475. The number of carbonyl (C=O) groups is 1. The van der Waals surface area contributed by atoms with Crippen molar-refractivity contribution in [2.75, 3.05) is 17.8 Å². The summed E-state index contributed by atoms with van der Waals surface area (Å²) in [6, 6.07) is 3.29. The van der Waals surface area contributed by atoms with Crippen molar-refractivity contribution in [2.24, 2.45) is 5.10 Å². The number of hydrazone groups is 1. The third-order valence-electron chi connectivity index (χ3n) is 2.47. The third-order valence-corrected chi connectivity index (χ3v) is 3.52. The number of nitrogens with zero attached hydrogens (tertiary/aromatic N) is 2. The Morgan fingerprint density at radius 1 is 1.57 bits per heavy atom. The molecule has 23 heavy (non-hydrogen) atoms. The van der Waals surface area contributed by atoms with Crippen LogP contribution in [-0.4, -0.2) is 23.8 Å². The zero-order valence-corrected chi connectivity index (χ0v) is 14.1. The smallest absolute Gasteiger partial charge is 0.308 e. The molecule has 0 saturated carbocycles. The molecule has 0 fully saturated rings. The lowest BCUT2D eigenvalue weighted by atomic mass is 10.2. The highest BCUT2D eigenvalue weighted by molar-refractivity contribution is 7.14. The summed E-state index contributed by atoms with van der Waals surface area (Å²) < 4.78 is 10.5. The van der Waals surface area contributed by atoms with Gasteiger partial charge in [-0.1, -0.05) is 11.6 Å². The predicted molar refractivity (Wildman–Crippen MR) is 91.7 cm³/mol. The van der Waals surface area contributed by atoms with Crippen LogP contribution >= 0.6 is 22.9 Å². The van der Waals surface area contributed by atoms with Crippen LogP contribution in [0.15, 0.2) is 22.6 Å². The fraction of sp³-hybridized carbons (Fsp3) is 0.214. The first-order chi connectivity index (χ1) is 11.0. The van der Waals surface area contributed by atoms with E-state index in [9.17, 15) is 4.79 Å². The molecule has 3 N–H and O–H groups in total. The molecular formula is C14H15ClN4O3S. The highest BCUT2D eigenvalue weighted by Gasteiger charge is 2.14. The number of carbonyl (C=O) groups excluding carboxylic acids is 1. The van der Waals surface area contributed by atoms with Crippen LogP contribution in [0.3, 0.4) is 0 Å².